The van der Waals surface area contributed by atoms with Crippen LogP contribution in [0.25, 0.3) is 0 Å². The molecule has 1 aliphatic rings. The Balaban J connectivity index is 1.84. The number of thioether (sulfide) groups is 1. The Labute approximate surface area is 161 Å². The number of nitrogens with one attached hydrogen (secondary N) is 2. The summed E-state index contributed by atoms with van der Waals surface area (Å²) >= 11 is 1.25. The van der Waals surface area contributed by atoms with E-state index in [0.29, 0.717) is 17.0 Å². The highest BCUT2D eigenvalue weighted by molar-refractivity contribution is 8.00. The summed E-state index contributed by atoms with van der Waals surface area (Å²) in [6, 6.07) is 5.61. The van der Waals surface area contributed by atoms with E-state index in [1.54, 1.807) is 38.1 Å². The third-order valence-electron chi connectivity index (χ3n) is 3.69. The molecule has 27 heavy (non-hydrogen) atoms. The number of carbonyl (C=O) groups excluding carboxylic acids is 4. The van der Waals surface area contributed by atoms with Crippen molar-refractivity contribution in [3.8, 4) is 0 Å². The standard InChI is InChI=1S/C18H22N2O6S/c1-3-25-17(23)11-5-7-12(8-6-11)19-15(21)9-14-16(22)20-13(10-27-14)18(24)26-4-2/h5-8,13-14H,3-4,9-10H2,1-2H3,(H,19,21)(H,20,22). The lowest BCUT2D eigenvalue weighted by molar-refractivity contribution is -0.146. The van der Waals surface area contributed by atoms with Crippen LogP contribution < -0.4 is 10.6 Å². The quantitative estimate of drug-likeness (QED) is 0.672. The molecule has 1 aromatic rings. The maximum absolute atomic E-state index is 12.2. The van der Waals surface area contributed by atoms with E-state index in [1.807, 2.05) is 0 Å². The average Bonchev–Trinajstić information content (AvgIpc) is 2.64. The minimum Gasteiger partial charge on any atom is -0.464 e. The number of amides is 2. The van der Waals surface area contributed by atoms with Crippen LogP contribution >= 0.6 is 11.8 Å². The number of anilines is 1. The molecular formula is C18H22N2O6S. The molecule has 0 radical (unpaired) electrons. The van der Waals surface area contributed by atoms with Crippen LogP contribution in [0.4, 0.5) is 5.69 Å². The summed E-state index contributed by atoms with van der Waals surface area (Å²) < 4.78 is 9.78. The van der Waals surface area contributed by atoms with Gasteiger partial charge in [-0.2, -0.15) is 0 Å². The first-order chi connectivity index (χ1) is 12.9. The minimum absolute atomic E-state index is 0.0221. The Morgan fingerprint density at radius 1 is 1.15 bits per heavy atom. The molecule has 2 unspecified atom stereocenters. The first-order valence-corrected chi connectivity index (χ1v) is 9.65. The molecule has 0 aromatic heterocycles. The topological polar surface area (TPSA) is 111 Å². The molecule has 8 nitrogen and oxygen atoms in total. The van der Waals surface area contributed by atoms with Gasteiger partial charge in [-0.15, -0.1) is 11.8 Å². The molecule has 0 saturated carbocycles. The fraction of sp³-hybridized carbons (Fsp3) is 0.444. The van der Waals surface area contributed by atoms with Gasteiger partial charge in [0.05, 0.1) is 24.0 Å². The van der Waals surface area contributed by atoms with Gasteiger partial charge in [0, 0.05) is 17.9 Å². The Morgan fingerprint density at radius 2 is 1.81 bits per heavy atom. The molecule has 2 atom stereocenters. The molecule has 1 fully saturated rings. The van der Waals surface area contributed by atoms with E-state index in [2.05, 4.69) is 10.6 Å². The average molecular weight is 394 g/mol. The smallest absolute Gasteiger partial charge is 0.338 e. The zero-order valence-corrected chi connectivity index (χ0v) is 16.0. The van der Waals surface area contributed by atoms with Crippen LogP contribution in [0.3, 0.4) is 0 Å². The van der Waals surface area contributed by atoms with Crippen molar-refractivity contribution in [2.45, 2.75) is 31.6 Å². The van der Waals surface area contributed by atoms with E-state index in [4.69, 9.17) is 9.47 Å². The van der Waals surface area contributed by atoms with Crippen molar-refractivity contribution in [3.05, 3.63) is 29.8 Å². The summed E-state index contributed by atoms with van der Waals surface area (Å²) in [7, 11) is 0. The highest BCUT2D eigenvalue weighted by Gasteiger charge is 2.34. The van der Waals surface area contributed by atoms with E-state index >= 15 is 0 Å². The lowest BCUT2D eigenvalue weighted by Gasteiger charge is -2.27. The molecule has 2 amide bonds. The van der Waals surface area contributed by atoms with E-state index in [1.165, 1.54) is 11.8 Å². The number of benzene rings is 1. The molecule has 1 aromatic carbocycles. The van der Waals surface area contributed by atoms with Crippen molar-refractivity contribution >= 4 is 41.2 Å². The highest BCUT2D eigenvalue weighted by atomic mass is 32.2. The van der Waals surface area contributed by atoms with Gasteiger partial charge in [-0.1, -0.05) is 0 Å². The number of esters is 2. The largest absolute Gasteiger partial charge is 0.464 e. The van der Waals surface area contributed by atoms with E-state index in [-0.39, 0.29) is 31.4 Å². The van der Waals surface area contributed by atoms with Gasteiger partial charge < -0.3 is 20.1 Å². The first-order valence-electron chi connectivity index (χ1n) is 8.60. The fourth-order valence-corrected chi connectivity index (χ4v) is 3.53. The van der Waals surface area contributed by atoms with Gasteiger partial charge in [0.2, 0.25) is 11.8 Å². The van der Waals surface area contributed by atoms with Gasteiger partial charge in [0.15, 0.2) is 0 Å². The number of hydrogen-bond acceptors (Lipinski definition) is 7. The van der Waals surface area contributed by atoms with E-state index in [9.17, 15) is 19.2 Å². The molecule has 1 aliphatic heterocycles. The molecule has 2 N–H and O–H groups in total. The van der Waals surface area contributed by atoms with Crippen LogP contribution in [0.1, 0.15) is 30.6 Å². The molecule has 9 heteroatoms. The van der Waals surface area contributed by atoms with E-state index in [0.717, 1.165) is 0 Å². The summed E-state index contributed by atoms with van der Waals surface area (Å²) in [5.74, 6) is -1.24. The normalized spacial score (nSPS) is 19.0. The van der Waals surface area contributed by atoms with Crippen molar-refractivity contribution in [1.29, 1.82) is 0 Å². The van der Waals surface area contributed by atoms with Crippen LogP contribution in [0.5, 0.6) is 0 Å². The van der Waals surface area contributed by atoms with Crippen LogP contribution in [0, 0.1) is 0 Å². The lowest BCUT2D eigenvalue weighted by Crippen LogP contribution is -2.51. The van der Waals surface area contributed by atoms with Crippen LogP contribution in [-0.2, 0) is 23.9 Å². The third kappa shape index (κ3) is 5.99. The SMILES string of the molecule is CCOC(=O)c1ccc(NC(=O)CC2SCC(C(=O)OCC)NC2=O)cc1. The molecule has 0 aliphatic carbocycles. The minimum atomic E-state index is -0.683. The molecule has 1 heterocycles. The van der Waals surface area contributed by atoms with Gasteiger partial charge >= 0.3 is 11.9 Å². The number of hydrogen-bond donors (Lipinski definition) is 2. The highest BCUT2D eigenvalue weighted by Crippen LogP contribution is 2.22. The van der Waals surface area contributed by atoms with Gasteiger partial charge in [-0.05, 0) is 38.1 Å². The second kappa shape index (κ2) is 9.96. The van der Waals surface area contributed by atoms with Crippen molar-refractivity contribution in [2.24, 2.45) is 0 Å². The maximum atomic E-state index is 12.2. The van der Waals surface area contributed by atoms with Gasteiger partial charge in [-0.3, -0.25) is 9.59 Å². The van der Waals surface area contributed by atoms with Crippen molar-refractivity contribution in [1.82, 2.24) is 5.32 Å². The summed E-state index contributed by atoms with van der Waals surface area (Å²) in [6.45, 7) is 3.95. The van der Waals surface area contributed by atoms with Crippen LogP contribution in [-0.4, -0.2) is 54.0 Å². The monoisotopic (exact) mass is 394 g/mol. The van der Waals surface area contributed by atoms with Crippen LogP contribution in [0.2, 0.25) is 0 Å². The van der Waals surface area contributed by atoms with Crippen LogP contribution in [0.15, 0.2) is 24.3 Å². The molecule has 0 bridgehead atoms. The summed E-state index contributed by atoms with van der Waals surface area (Å²) in [5.41, 5.74) is 0.903. The summed E-state index contributed by atoms with van der Waals surface area (Å²) in [5, 5.41) is 4.70. The van der Waals surface area contributed by atoms with Gasteiger partial charge in [0.1, 0.15) is 6.04 Å². The van der Waals surface area contributed by atoms with Gasteiger partial charge in [0.25, 0.3) is 0 Å². The number of rotatable bonds is 7. The predicted molar refractivity (Wildman–Crippen MR) is 100 cm³/mol. The second-order valence-corrected chi connectivity index (χ2v) is 6.92. The molecule has 1 saturated heterocycles. The van der Waals surface area contributed by atoms with Crippen molar-refractivity contribution < 1.29 is 28.7 Å². The zero-order chi connectivity index (χ0) is 19.8. The summed E-state index contributed by atoms with van der Waals surface area (Å²) in [4.78, 5) is 47.6. The molecular weight excluding hydrogens is 372 g/mol. The molecule has 146 valence electrons. The Morgan fingerprint density at radius 3 is 2.41 bits per heavy atom. The van der Waals surface area contributed by atoms with Crippen molar-refractivity contribution in [3.63, 3.8) is 0 Å². The second-order valence-electron chi connectivity index (χ2n) is 5.69. The molecule has 2 rings (SSSR count). The third-order valence-corrected chi connectivity index (χ3v) is 5.00. The fourth-order valence-electron chi connectivity index (χ4n) is 2.40. The predicted octanol–water partition coefficient (Wildman–Crippen LogP) is 1.36. The summed E-state index contributed by atoms with van der Waals surface area (Å²) in [6.07, 6.45) is -0.0221. The number of ether oxygens (including phenoxy) is 2. The zero-order valence-electron chi connectivity index (χ0n) is 15.2. The Kier molecular flexibility index (Phi) is 7.66. The lowest BCUT2D eigenvalue weighted by atomic mass is 10.2. The Hall–Kier alpha value is -2.55. The van der Waals surface area contributed by atoms with Gasteiger partial charge in [-0.25, -0.2) is 9.59 Å². The Bertz CT molecular complexity index is 706. The first kappa shape index (κ1) is 20.8. The molecule has 0 spiro atoms. The van der Waals surface area contributed by atoms with Crippen molar-refractivity contribution in [2.75, 3.05) is 24.3 Å². The van der Waals surface area contributed by atoms with E-state index < -0.39 is 23.2 Å². The number of carbonyl (C=O) groups is 4. The maximum Gasteiger partial charge on any atom is 0.338 e.